The highest BCUT2D eigenvalue weighted by molar-refractivity contribution is 5.77. The number of aromatic nitrogens is 2. The van der Waals surface area contributed by atoms with E-state index in [9.17, 15) is 4.79 Å². The van der Waals surface area contributed by atoms with Crippen LogP contribution >= 0.6 is 0 Å². The van der Waals surface area contributed by atoms with Crippen LogP contribution in [0, 0.1) is 0 Å². The minimum atomic E-state index is -0.00229. The molecule has 40 heavy (non-hydrogen) atoms. The number of nitrogens with zero attached hydrogens (tertiary/aromatic N) is 5. The maximum atomic E-state index is 11.7. The highest BCUT2D eigenvalue weighted by atomic mass is 16.5. The van der Waals surface area contributed by atoms with Crippen molar-refractivity contribution in [3.05, 3.63) is 18.0 Å². The zero-order valence-electron chi connectivity index (χ0n) is 26.4. The van der Waals surface area contributed by atoms with Gasteiger partial charge in [-0.2, -0.15) is 0 Å². The molecule has 1 aromatic rings. The number of carbonyl (C=O) groups is 1. The van der Waals surface area contributed by atoms with Gasteiger partial charge in [0.2, 0.25) is 11.9 Å². The summed E-state index contributed by atoms with van der Waals surface area (Å²) in [4.78, 5) is 29.1. The second kappa shape index (κ2) is 17.2. The molecule has 2 saturated heterocycles. The standard InChI is InChI=1S/C32H58N6O2/c1-7-30-23-37(25(2)3)22-27(6)38(30)32-34-20-29(21-35-32)28-14-18-36(19-15-28)17-13-11-9-8-10-12-16-33-31(39)24-40-26(4)5/h20-21,25-28,30H,7-19,22-24H2,1-6H3,(H,33,39). The van der Waals surface area contributed by atoms with E-state index in [1.54, 1.807) is 0 Å². The summed E-state index contributed by atoms with van der Waals surface area (Å²) < 4.78 is 5.32. The number of amides is 1. The van der Waals surface area contributed by atoms with Crippen LogP contribution < -0.4 is 10.2 Å². The Morgan fingerprint density at radius 2 is 1.65 bits per heavy atom. The fourth-order valence-corrected chi connectivity index (χ4v) is 6.18. The van der Waals surface area contributed by atoms with Crippen LogP contribution in [0.5, 0.6) is 0 Å². The molecule has 0 radical (unpaired) electrons. The van der Waals surface area contributed by atoms with Gasteiger partial charge in [0.15, 0.2) is 0 Å². The maximum absolute atomic E-state index is 11.7. The lowest BCUT2D eigenvalue weighted by Gasteiger charge is -2.47. The van der Waals surface area contributed by atoms with Crippen LogP contribution in [-0.4, -0.2) is 95.8 Å². The molecule has 0 aromatic carbocycles. The van der Waals surface area contributed by atoms with Crippen LogP contribution in [0.2, 0.25) is 0 Å². The Morgan fingerprint density at radius 1 is 1.00 bits per heavy atom. The van der Waals surface area contributed by atoms with Crippen molar-refractivity contribution in [1.29, 1.82) is 0 Å². The number of hydrogen-bond donors (Lipinski definition) is 1. The van der Waals surface area contributed by atoms with E-state index >= 15 is 0 Å². The van der Waals surface area contributed by atoms with Gasteiger partial charge in [0.1, 0.15) is 6.61 Å². The molecule has 0 saturated carbocycles. The first-order chi connectivity index (χ1) is 19.3. The molecule has 0 bridgehead atoms. The Kier molecular flexibility index (Phi) is 14.1. The number of anilines is 1. The number of rotatable bonds is 16. The van der Waals surface area contributed by atoms with E-state index in [-0.39, 0.29) is 18.6 Å². The summed E-state index contributed by atoms with van der Waals surface area (Å²) in [5.74, 6) is 1.49. The third kappa shape index (κ3) is 10.6. The van der Waals surface area contributed by atoms with E-state index in [4.69, 9.17) is 14.7 Å². The quantitative estimate of drug-likeness (QED) is 0.278. The van der Waals surface area contributed by atoms with E-state index in [1.165, 1.54) is 70.1 Å². The van der Waals surface area contributed by atoms with Crippen molar-refractivity contribution in [2.75, 3.05) is 50.8 Å². The normalized spacial score (nSPS) is 21.4. The largest absolute Gasteiger partial charge is 0.369 e. The van der Waals surface area contributed by atoms with Crippen LogP contribution in [-0.2, 0) is 9.53 Å². The molecule has 8 heteroatoms. The number of likely N-dealkylation sites (tertiary alicyclic amines) is 1. The fraction of sp³-hybridized carbons (Fsp3) is 0.844. The number of hydrogen-bond acceptors (Lipinski definition) is 7. The van der Waals surface area contributed by atoms with Crippen molar-refractivity contribution in [2.45, 2.75) is 129 Å². The summed E-state index contributed by atoms with van der Waals surface area (Å²) in [5, 5.41) is 2.94. The molecule has 1 amide bonds. The number of unbranched alkanes of at least 4 members (excludes halogenated alkanes) is 5. The van der Waals surface area contributed by atoms with E-state index in [0.29, 0.717) is 24.0 Å². The SMILES string of the molecule is CCC1CN(C(C)C)CC(C)N1c1ncc(C2CCN(CCCCCCCCNC(=O)COC(C)C)CC2)cn1. The molecule has 1 aromatic heterocycles. The van der Waals surface area contributed by atoms with Crippen molar-refractivity contribution in [3.8, 4) is 0 Å². The van der Waals surface area contributed by atoms with Gasteiger partial charge in [0.05, 0.1) is 6.10 Å². The number of carbonyl (C=O) groups excluding carboxylic acids is 1. The van der Waals surface area contributed by atoms with E-state index < -0.39 is 0 Å². The number of piperazine rings is 1. The molecule has 8 nitrogen and oxygen atoms in total. The number of nitrogens with one attached hydrogen (secondary N) is 1. The lowest BCUT2D eigenvalue weighted by Crippen LogP contribution is -2.59. The Balaban J connectivity index is 1.28. The Hall–Kier alpha value is -1.77. The van der Waals surface area contributed by atoms with Gasteiger partial charge in [-0.15, -0.1) is 0 Å². The molecule has 0 aliphatic carbocycles. The molecular weight excluding hydrogens is 500 g/mol. The summed E-state index contributed by atoms with van der Waals surface area (Å²) >= 11 is 0. The van der Waals surface area contributed by atoms with Gasteiger partial charge < -0.3 is 19.9 Å². The monoisotopic (exact) mass is 558 g/mol. The van der Waals surface area contributed by atoms with Gasteiger partial charge in [0.25, 0.3) is 0 Å². The summed E-state index contributed by atoms with van der Waals surface area (Å²) in [6, 6.07) is 1.49. The van der Waals surface area contributed by atoms with Gasteiger partial charge in [-0.3, -0.25) is 9.69 Å². The van der Waals surface area contributed by atoms with Crippen molar-refractivity contribution in [1.82, 2.24) is 25.1 Å². The first kappa shape index (κ1) is 32.7. The highest BCUT2D eigenvalue weighted by Crippen LogP contribution is 2.29. The molecule has 2 unspecified atom stereocenters. The highest BCUT2D eigenvalue weighted by Gasteiger charge is 2.33. The van der Waals surface area contributed by atoms with Crippen LogP contribution in [0.1, 0.15) is 111 Å². The van der Waals surface area contributed by atoms with Crippen molar-refractivity contribution in [3.63, 3.8) is 0 Å². The molecule has 2 atom stereocenters. The van der Waals surface area contributed by atoms with Crippen LogP contribution in [0.25, 0.3) is 0 Å². The van der Waals surface area contributed by atoms with Gasteiger partial charge >= 0.3 is 0 Å². The lowest BCUT2D eigenvalue weighted by molar-refractivity contribution is -0.127. The average Bonchev–Trinajstić information content (AvgIpc) is 2.95. The van der Waals surface area contributed by atoms with Gasteiger partial charge in [-0.05, 0) is 97.8 Å². The van der Waals surface area contributed by atoms with Crippen molar-refractivity contribution >= 4 is 11.9 Å². The van der Waals surface area contributed by atoms with Gasteiger partial charge in [-0.25, -0.2) is 9.97 Å². The van der Waals surface area contributed by atoms with Crippen LogP contribution in [0.15, 0.2) is 12.4 Å². The average molecular weight is 559 g/mol. The minimum absolute atomic E-state index is 0.00229. The Labute approximate surface area is 244 Å². The smallest absolute Gasteiger partial charge is 0.246 e. The molecular formula is C32H58N6O2. The minimum Gasteiger partial charge on any atom is -0.369 e. The first-order valence-electron chi connectivity index (χ1n) is 16.2. The van der Waals surface area contributed by atoms with Gasteiger partial charge in [-0.1, -0.05) is 32.6 Å². The summed E-state index contributed by atoms with van der Waals surface area (Å²) in [7, 11) is 0. The maximum Gasteiger partial charge on any atom is 0.246 e. The molecule has 0 spiro atoms. The van der Waals surface area contributed by atoms with Crippen molar-refractivity contribution in [2.24, 2.45) is 0 Å². The molecule has 228 valence electrons. The fourth-order valence-electron chi connectivity index (χ4n) is 6.18. The predicted molar refractivity (Wildman–Crippen MR) is 165 cm³/mol. The topological polar surface area (TPSA) is 73.8 Å². The Bertz CT molecular complexity index is 840. The van der Waals surface area contributed by atoms with E-state index in [0.717, 1.165) is 38.4 Å². The molecule has 3 heterocycles. The molecule has 2 aliphatic heterocycles. The van der Waals surface area contributed by atoms with Crippen LogP contribution in [0.4, 0.5) is 5.95 Å². The Morgan fingerprint density at radius 3 is 2.27 bits per heavy atom. The van der Waals surface area contributed by atoms with Crippen molar-refractivity contribution < 1.29 is 9.53 Å². The van der Waals surface area contributed by atoms with Crippen LogP contribution in [0.3, 0.4) is 0 Å². The number of piperidine rings is 1. The third-order valence-electron chi connectivity index (χ3n) is 8.73. The molecule has 2 aliphatic rings. The number of ether oxygens (including phenoxy) is 1. The van der Waals surface area contributed by atoms with E-state index in [1.807, 2.05) is 13.8 Å². The molecule has 3 rings (SSSR count). The lowest BCUT2D eigenvalue weighted by atomic mass is 9.91. The predicted octanol–water partition coefficient (Wildman–Crippen LogP) is 5.24. The summed E-state index contributed by atoms with van der Waals surface area (Å²) in [6.07, 6.45) is 15.2. The third-order valence-corrected chi connectivity index (χ3v) is 8.73. The summed E-state index contributed by atoms with van der Waals surface area (Å²) in [5.41, 5.74) is 1.31. The zero-order chi connectivity index (χ0) is 28.9. The second-order valence-electron chi connectivity index (χ2n) is 12.6. The molecule has 2 fully saturated rings. The summed E-state index contributed by atoms with van der Waals surface area (Å²) in [6.45, 7) is 19.8. The van der Waals surface area contributed by atoms with E-state index in [2.05, 4.69) is 60.1 Å². The first-order valence-corrected chi connectivity index (χ1v) is 16.2. The molecule has 1 N–H and O–H groups in total. The second-order valence-corrected chi connectivity index (χ2v) is 12.6. The zero-order valence-corrected chi connectivity index (χ0v) is 26.4. The van der Waals surface area contributed by atoms with Gasteiger partial charge in [0, 0.05) is 50.2 Å².